The number of nitrogens with zero attached hydrogens (tertiary/aromatic N) is 1. The Balaban J connectivity index is 1.85. The van der Waals surface area contributed by atoms with Crippen molar-refractivity contribution in [3.63, 3.8) is 0 Å². The van der Waals surface area contributed by atoms with Crippen molar-refractivity contribution in [1.82, 2.24) is 10.2 Å². The van der Waals surface area contributed by atoms with Crippen molar-refractivity contribution in [2.75, 3.05) is 36.8 Å². The van der Waals surface area contributed by atoms with E-state index in [9.17, 15) is 9.18 Å². The molecule has 150 valence electrons. The van der Waals surface area contributed by atoms with Crippen LogP contribution in [0.1, 0.15) is 29.8 Å². The van der Waals surface area contributed by atoms with Crippen molar-refractivity contribution in [3.8, 4) is 0 Å². The monoisotopic (exact) mass is 402 g/mol. The van der Waals surface area contributed by atoms with Crippen LogP contribution < -0.4 is 16.0 Å². The van der Waals surface area contributed by atoms with Crippen LogP contribution in [0.5, 0.6) is 0 Å². The third kappa shape index (κ3) is 6.58. The molecular weight excluding hydrogens is 375 g/mol. The topological polar surface area (TPSA) is 56.4 Å². The van der Waals surface area contributed by atoms with E-state index in [2.05, 4.69) is 34.7 Å². The molecule has 7 heteroatoms. The van der Waals surface area contributed by atoms with Gasteiger partial charge in [0, 0.05) is 30.0 Å². The first-order valence-corrected chi connectivity index (χ1v) is 9.78. The van der Waals surface area contributed by atoms with E-state index in [1.807, 2.05) is 0 Å². The first-order chi connectivity index (χ1) is 13.4. The van der Waals surface area contributed by atoms with E-state index in [4.69, 9.17) is 12.2 Å². The van der Waals surface area contributed by atoms with Crippen LogP contribution in [0.4, 0.5) is 15.8 Å². The molecule has 0 spiro atoms. The number of aryl methyl sites for hydroxylation is 1. The molecule has 2 aromatic carbocycles. The molecule has 1 amide bonds. The number of carbonyl (C=O) groups excluding carboxylic acids is 1. The Kier molecular flexibility index (Phi) is 8.35. The molecule has 5 nitrogen and oxygen atoms in total. The number of rotatable bonds is 8. The van der Waals surface area contributed by atoms with Crippen LogP contribution >= 0.6 is 12.2 Å². The van der Waals surface area contributed by atoms with E-state index in [0.717, 1.165) is 25.3 Å². The van der Waals surface area contributed by atoms with Gasteiger partial charge in [0.15, 0.2) is 5.11 Å². The van der Waals surface area contributed by atoms with Gasteiger partial charge >= 0.3 is 0 Å². The van der Waals surface area contributed by atoms with Gasteiger partial charge in [-0.05, 0) is 80.3 Å². The molecule has 0 aliphatic carbocycles. The van der Waals surface area contributed by atoms with Gasteiger partial charge in [-0.25, -0.2) is 4.39 Å². The summed E-state index contributed by atoms with van der Waals surface area (Å²) in [4.78, 5) is 14.5. The molecule has 0 unspecified atom stereocenters. The molecule has 0 heterocycles. The minimum absolute atomic E-state index is 0.0961. The zero-order chi connectivity index (χ0) is 20.5. The number of hydrogen-bond acceptors (Lipinski definition) is 3. The van der Waals surface area contributed by atoms with Crippen LogP contribution in [-0.2, 0) is 0 Å². The summed E-state index contributed by atoms with van der Waals surface area (Å²) in [6.45, 7) is 9.30. The van der Waals surface area contributed by atoms with Gasteiger partial charge in [-0.1, -0.05) is 13.8 Å². The smallest absolute Gasteiger partial charge is 0.251 e. The fourth-order valence-electron chi connectivity index (χ4n) is 2.69. The lowest BCUT2D eigenvalue weighted by Gasteiger charge is -2.18. The Morgan fingerprint density at radius 2 is 1.64 bits per heavy atom. The Morgan fingerprint density at radius 3 is 2.25 bits per heavy atom. The number of thiocarbonyl (C=S) groups is 1. The fourth-order valence-corrected chi connectivity index (χ4v) is 2.93. The number of halogens is 1. The maximum atomic E-state index is 13.3. The summed E-state index contributed by atoms with van der Waals surface area (Å²) >= 11 is 5.28. The molecular formula is C21H27FN4OS. The average Bonchev–Trinajstić information content (AvgIpc) is 2.68. The van der Waals surface area contributed by atoms with Crippen LogP contribution in [0, 0.1) is 12.7 Å². The van der Waals surface area contributed by atoms with E-state index in [1.165, 1.54) is 6.07 Å². The van der Waals surface area contributed by atoms with Gasteiger partial charge in [0.1, 0.15) is 5.82 Å². The average molecular weight is 403 g/mol. The zero-order valence-electron chi connectivity index (χ0n) is 16.5. The molecule has 0 bridgehead atoms. The molecule has 0 aromatic heterocycles. The predicted molar refractivity (Wildman–Crippen MR) is 118 cm³/mol. The van der Waals surface area contributed by atoms with Gasteiger partial charge in [0.2, 0.25) is 0 Å². The van der Waals surface area contributed by atoms with E-state index >= 15 is 0 Å². The number of nitrogens with one attached hydrogen (secondary N) is 3. The van der Waals surface area contributed by atoms with Crippen molar-refractivity contribution < 1.29 is 9.18 Å². The lowest BCUT2D eigenvalue weighted by molar-refractivity contribution is 0.0949. The summed E-state index contributed by atoms with van der Waals surface area (Å²) in [7, 11) is 0. The van der Waals surface area contributed by atoms with Gasteiger partial charge in [0.05, 0.1) is 0 Å². The number of likely N-dealkylation sites (N-methyl/N-ethyl adjacent to an activating group) is 1. The molecule has 0 radical (unpaired) electrons. The van der Waals surface area contributed by atoms with Crippen molar-refractivity contribution in [2.45, 2.75) is 20.8 Å². The highest BCUT2D eigenvalue weighted by atomic mass is 32.1. The van der Waals surface area contributed by atoms with Crippen molar-refractivity contribution in [1.29, 1.82) is 0 Å². The SMILES string of the molecule is CCN(CC)CCNC(=O)c1ccc(NC(=S)Nc2ccc(F)c(C)c2)cc1. The Hall–Kier alpha value is -2.51. The van der Waals surface area contributed by atoms with Gasteiger partial charge < -0.3 is 20.9 Å². The lowest BCUT2D eigenvalue weighted by atomic mass is 10.2. The minimum atomic E-state index is -0.254. The molecule has 3 N–H and O–H groups in total. The van der Waals surface area contributed by atoms with E-state index in [1.54, 1.807) is 43.3 Å². The number of anilines is 2. The Bertz CT molecular complexity index is 807. The molecule has 0 fully saturated rings. The highest BCUT2D eigenvalue weighted by Crippen LogP contribution is 2.15. The molecule has 0 saturated carbocycles. The van der Waals surface area contributed by atoms with Crippen molar-refractivity contribution in [2.24, 2.45) is 0 Å². The predicted octanol–water partition coefficient (Wildman–Crippen LogP) is 4.01. The van der Waals surface area contributed by atoms with Crippen molar-refractivity contribution in [3.05, 3.63) is 59.4 Å². The second kappa shape index (κ2) is 10.7. The second-order valence-corrected chi connectivity index (χ2v) is 6.81. The normalized spacial score (nSPS) is 10.6. The maximum Gasteiger partial charge on any atom is 0.251 e. The first-order valence-electron chi connectivity index (χ1n) is 9.37. The van der Waals surface area contributed by atoms with Gasteiger partial charge in [-0.3, -0.25) is 4.79 Å². The first kappa shape index (κ1) is 21.8. The summed E-state index contributed by atoms with van der Waals surface area (Å²) in [6.07, 6.45) is 0. The second-order valence-electron chi connectivity index (χ2n) is 6.40. The van der Waals surface area contributed by atoms with Crippen LogP contribution in [0.3, 0.4) is 0 Å². The molecule has 2 rings (SSSR count). The van der Waals surface area contributed by atoms with Gasteiger partial charge in [-0.2, -0.15) is 0 Å². The summed E-state index contributed by atoms with van der Waals surface area (Å²) < 4.78 is 13.3. The summed E-state index contributed by atoms with van der Waals surface area (Å²) in [6, 6.07) is 11.8. The van der Waals surface area contributed by atoms with Crippen molar-refractivity contribution >= 4 is 34.6 Å². The van der Waals surface area contributed by atoms with E-state index in [0.29, 0.717) is 28.5 Å². The minimum Gasteiger partial charge on any atom is -0.351 e. The Labute approximate surface area is 171 Å². The fraction of sp³-hybridized carbons (Fsp3) is 0.333. The van der Waals surface area contributed by atoms with E-state index in [-0.39, 0.29) is 11.7 Å². The number of carbonyl (C=O) groups is 1. The molecule has 2 aromatic rings. The highest BCUT2D eigenvalue weighted by molar-refractivity contribution is 7.80. The summed E-state index contributed by atoms with van der Waals surface area (Å²) in [5.41, 5.74) is 2.61. The third-order valence-corrected chi connectivity index (χ3v) is 4.63. The highest BCUT2D eigenvalue weighted by Gasteiger charge is 2.07. The maximum absolute atomic E-state index is 13.3. The third-order valence-electron chi connectivity index (χ3n) is 4.43. The number of amides is 1. The quantitative estimate of drug-likeness (QED) is 0.583. The van der Waals surface area contributed by atoms with Gasteiger partial charge in [-0.15, -0.1) is 0 Å². The van der Waals surface area contributed by atoms with Gasteiger partial charge in [0.25, 0.3) is 5.91 Å². The largest absolute Gasteiger partial charge is 0.351 e. The van der Waals surface area contributed by atoms with Crippen LogP contribution in [0.15, 0.2) is 42.5 Å². The van der Waals surface area contributed by atoms with Crippen LogP contribution in [-0.4, -0.2) is 42.1 Å². The van der Waals surface area contributed by atoms with Crippen LogP contribution in [0.25, 0.3) is 0 Å². The molecule has 0 aliphatic heterocycles. The van der Waals surface area contributed by atoms with Crippen LogP contribution in [0.2, 0.25) is 0 Å². The molecule has 0 saturated heterocycles. The molecule has 0 atom stereocenters. The Morgan fingerprint density at radius 1 is 1.04 bits per heavy atom. The molecule has 28 heavy (non-hydrogen) atoms. The zero-order valence-corrected chi connectivity index (χ0v) is 17.3. The standard InChI is InChI=1S/C21H27FN4OS/c1-4-26(5-2)13-12-23-20(27)16-6-8-17(9-7-16)24-21(28)25-18-10-11-19(22)15(3)14-18/h6-11,14H,4-5,12-13H2,1-3H3,(H,23,27)(H2,24,25,28). The number of benzene rings is 2. The lowest BCUT2D eigenvalue weighted by Crippen LogP contribution is -2.34. The number of hydrogen-bond donors (Lipinski definition) is 3. The summed E-state index contributed by atoms with van der Waals surface area (Å²) in [5.74, 6) is -0.350. The molecule has 0 aliphatic rings. The van der Waals surface area contributed by atoms with E-state index < -0.39 is 0 Å². The summed E-state index contributed by atoms with van der Waals surface area (Å²) in [5, 5.41) is 9.39.